The molecule has 140 valence electrons. The van der Waals surface area contributed by atoms with Gasteiger partial charge in [0.05, 0.1) is 23.3 Å². The highest BCUT2D eigenvalue weighted by atomic mass is 16.5. The number of anilines is 1. The minimum absolute atomic E-state index is 0.0500. The Morgan fingerprint density at radius 1 is 0.926 bits per heavy atom. The van der Waals surface area contributed by atoms with Crippen molar-refractivity contribution in [2.45, 2.75) is 27.0 Å². The van der Waals surface area contributed by atoms with Gasteiger partial charge in [-0.3, -0.25) is 9.69 Å². The Labute approximate surface area is 159 Å². The summed E-state index contributed by atoms with van der Waals surface area (Å²) in [6, 6.07) is 16.3. The van der Waals surface area contributed by atoms with Gasteiger partial charge in [-0.1, -0.05) is 36.4 Å². The van der Waals surface area contributed by atoms with Gasteiger partial charge in [-0.15, -0.1) is 0 Å². The zero-order chi connectivity index (χ0) is 18.8. The SMILES string of the molecule is CCOCN1C(=O)Cc2c(n(COCC)c3ccccc23)-c2ccccc21. The van der Waals surface area contributed by atoms with Gasteiger partial charge in [0.15, 0.2) is 0 Å². The molecule has 1 aliphatic heterocycles. The van der Waals surface area contributed by atoms with Crippen molar-refractivity contribution >= 4 is 22.5 Å². The molecular formula is C22H24N2O3. The molecule has 0 radical (unpaired) electrons. The van der Waals surface area contributed by atoms with Gasteiger partial charge in [0, 0.05) is 24.2 Å². The van der Waals surface area contributed by atoms with Crippen molar-refractivity contribution in [1.82, 2.24) is 4.57 Å². The third-order valence-electron chi connectivity index (χ3n) is 5.00. The minimum Gasteiger partial charge on any atom is -0.361 e. The monoisotopic (exact) mass is 364 g/mol. The fraction of sp³-hybridized carbons (Fsp3) is 0.318. The van der Waals surface area contributed by atoms with Gasteiger partial charge in [0.25, 0.3) is 0 Å². The highest BCUT2D eigenvalue weighted by molar-refractivity contribution is 6.06. The zero-order valence-electron chi connectivity index (χ0n) is 15.8. The van der Waals surface area contributed by atoms with Crippen LogP contribution in [0.4, 0.5) is 5.69 Å². The summed E-state index contributed by atoms with van der Waals surface area (Å²) in [7, 11) is 0. The topological polar surface area (TPSA) is 43.7 Å². The number of benzene rings is 2. The van der Waals surface area contributed by atoms with Gasteiger partial charge < -0.3 is 14.0 Å². The first-order chi connectivity index (χ1) is 13.3. The summed E-state index contributed by atoms with van der Waals surface area (Å²) < 4.78 is 13.5. The van der Waals surface area contributed by atoms with Gasteiger partial charge in [-0.2, -0.15) is 0 Å². The third kappa shape index (κ3) is 3.03. The first-order valence-electron chi connectivity index (χ1n) is 9.41. The Balaban J connectivity index is 1.98. The Kier molecular flexibility index (Phi) is 4.97. The largest absolute Gasteiger partial charge is 0.361 e. The van der Waals surface area contributed by atoms with Crippen LogP contribution in [0.5, 0.6) is 0 Å². The summed E-state index contributed by atoms with van der Waals surface area (Å²) >= 11 is 0. The molecule has 5 nitrogen and oxygen atoms in total. The summed E-state index contributed by atoms with van der Waals surface area (Å²) in [5.74, 6) is 0.0500. The molecule has 0 N–H and O–H groups in total. The maximum Gasteiger partial charge on any atom is 0.233 e. The molecule has 0 atom stereocenters. The minimum atomic E-state index is 0.0500. The summed E-state index contributed by atoms with van der Waals surface area (Å²) in [4.78, 5) is 14.9. The van der Waals surface area contributed by atoms with Crippen LogP contribution in [0, 0.1) is 0 Å². The van der Waals surface area contributed by atoms with Crippen molar-refractivity contribution in [1.29, 1.82) is 0 Å². The average Bonchev–Trinajstić information content (AvgIpc) is 2.93. The van der Waals surface area contributed by atoms with E-state index in [4.69, 9.17) is 9.47 Å². The molecule has 0 saturated heterocycles. The number of hydrogen-bond donors (Lipinski definition) is 0. The van der Waals surface area contributed by atoms with E-state index in [1.54, 1.807) is 4.90 Å². The van der Waals surface area contributed by atoms with Crippen LogP contribution in [0.1, 0.15) is 19.4 Å². The zero-order valence-corrected chi connectivity index (χ0v) is 15.8. The number of amides is 1. The first-order valence-corrected chi connectivity index (χ1v) is 9.41. The molecular weight excluding hydrogens is 340 g/mol. The van der Waals surface area contributed by atoms with E-state index in [1.165, 1.54) is 0 Å². The van der Waals surface area contributed by atoms with Crippen molar-refractivity contribution in [3.8, 4) is 11.3 Å². The first kappa shape index (κ1) is 17.8. The molecule has 1 amide bonds. The fourth-order valence-electron chi connectivity index (χ4n) is 3.79. The number of rotatable bonds is 6. The molecule has 2 heterocycles. The summed E-state index contributed by atoms with van der Waals surface area (Å²) in [6.45, 7) is 5.86. The Bertz CT molecular complexity index is 977. The van der Waals surface area contributed by atoms with E-state index >= 15 is 0 Å². The van der Waals surface area contributed by atoms with Crippen LogP contribution in [0.3, 0.4) is 0 Å². The number of aromatic nitrogens is 1. The van der Waals surface area contributed by atoms with Crippen LogP contribution in [0.25, 0.3) is 22.2 Å². The lowest BCUT2D eigenvalue weighted by Gasteiger charge is -2.23. The number of carbonyl (C=O) groups is 1. The maximum absolute atomic E-state index is 13.1. The van der Waals surface area contributed by atoms with E-state index < -0.39 is 0 Å². The maximum atomic E-state index is 13.1. The molecule has 3 aromatic rings. The molecule has 4 rings (SSSR count). The highest BCUT2D eigenvalue weighted by Gasteiger charge is 2.30. The van der Waals surface area contributed by atoms with Crippen molar-refractivity contribution in [3.63, 3.8) is 0 Å². The number of carbonyl (C=O) groups excluding carboxylic acids is 1. The van der Waals surface area contributed by atoms with Crippen LogP contribution in [-0.2, 0) is 27.4 Å². The number of hydrogen-bond acceptors (Lipinski definition) is 3. The van der Waals surface area contributed by atoms with E-state index in [2.05, 4.69) is 22.8 Å². The second kappa shape index (κ2) is 7.55. The van der Waals surface area contributed by atoms with E-state index in [0.717, 1.165) is 33.4 Å². The molecule has 1 aromatic heterocycles. The molecule has 0 fully saturated rings. The molecule has 0 bridgehead atoms. The number of para-hydroxylation sites is 2. The van der Waals surface area contributed by atoms with Crippen LogP contribution in [-0.4, -0.2) is 30.4 Å². The summed E-state index contributed by atoms with van der Waals surface area (Å²) in [5, 5.41) is 1.11. The smallest absolute Gasteiger partial charge is 0.233 e. The molecule has 0 unspecified atom stereocenters. The number of nitrogens with zero attached hydrogens (tertiary/aromatic N) is 2. The summed E-state index contributed by atoms with van der Waals surface area (Å²) in [5.41, 5.74) is 5.13. The normalized spacial score (nSPS) is 13.6. The molecule has 2 aromatic carbocycles. The van der Waals surface area contributed by atoms with E-state index in [0.29, 0.717) is 26.4 Å². The van der Waals surface area contributed by atoms with Crippen LogP contribution < -0.4 is 4.90 Å². The second-order valence-corrected chi connectivity index (χ2v) is 6.53. The Morgan fingerprint density at radius 3 is 2.44 bits per heavy atom. The molecule has 0 spiro atoms. The quantitative estimate of drug-likeness (QED) is 0.659. The molecule has 1 aliphatic rings. The standard InChI is InChI=1S/C22H24N2O3/c1-3-26-14-23-20-12-8-6-10-17(20)22-18(13-21(23)25)16-9-5-7-11-19(16)24(22)15-27-4-2/h5-12H,3-4,13-15H2,1-2H3. The second-order valence-electron chi connectivity index (χ2n) is 6.53. The fourth-order valence-corrected chi connectivity index (χ4v) is 3.79. The van der Waals surface area contributed by atoms with Crippen molar-refractivity contribution in [3.05, 3.63) is 54.1 Å². The Hall–Kier alpha value is -2.63. The third-order valence-corrected chi connectivity index (χ3v) is 5.00. The predicted octanol–water partition coefficient (Wildman–Crippen LogP) is 4.19. The predicted molar refractivity (Wildman–Crippen MR) is 107 cm³/mol. The van der Waals surface area contributed by atoms with Crippen LogP contribution >= 0.6 is 0 Å². The molecule has 0 aliphatic carbocycles. The van der Waals surface area contributed by atoms with Gasteiger partial charge in [-0.05, 0) is 31.5 Å². The molecule has 27 heavy (non-hydrogen) atoms. The van der Waals surface area contributed by atoms with Gasteiger partial charge >= 0.3 is 0 Å². The Morgan fingerprint density at radius 2 is 1.63 bits per heavy atom. The van der Waals surface area contributed by atoms with Crippen molar-refractivity contribution in [2.24, 2.45) is 0 Å². The van der Waals surface area contributed by atoms with E-state index in [9.17, 15) is 4.79 Å². The van der Waals surface area contributed by atoms with E-state index in [-0.39, 0.29) is 12.6 Å². The number of fused-ring (bicyclic) bond motifs is 5. The van der Waals surface area contributed by atoms with Crippen LogP contribution in [0.2, 0.25) is 0 Å². The number of ether oxygens (including phenoxy) is 2. The molecule has 5 heteroatoms. The van der Waals surface area contributed by atoms with E-state index in [1.807, 2.05) is 44.2 Å². The van der Waals surface area contributed by atoms with Crippen molar-refractivity contribution in [2.75, 3.05) is 24.8 Å². The lowest BCUT2D eigenvalue weighted by atomic mass is 10.0. The highest BCUT2D eigenvalue weighted by Crippen LogP contribution is 2.41. The van der Waals surface area contributed by atoms with Gasteiger partial charge in [0.2, 0.25) is 5.91 Å². The lowest BCUT2D eigenvalue weighted by molar-refractivity contribution is -0.119. The lowest BCUT2D eigenvalue weighted by Crippen LogP contribution is -2.33. The average molecular weight is 364 g/mol. The van der Waals surface area contributed by atoms with Gasteiger partial charge in [-0.25, -0.2) is 0 Å². The summed E-state index contributed by atoms with van der Waals surface area (Å²) in [6.07, 6.45) is 0.344. The van der Waals surface area contributed by atoms with Crippen molar-refractivity contribution < 1.29 is 14.3 Å². The van der Waals surface area contributed by atoms with Gasteiger partial charge in [0.1, 0.15) is 13.5 Å². The van der Waals surface area contributed by atoms with Crippen LogP contribution in [0.15, 0.2) is 48.5 Å². The molecule has 0 saturated carbocycles.